The minimum Gasteiger partial charge on any atom is -0.408 e. The number of rotatable bonds is 15. The van der Waals surface area contributed by atoms with Crippen LogP contribution in [0.5, 0.6) is 0 Å². The molecule has 6 heteroatoms. The van der Waals surface area contributed by atoms with Gasteiger partial charge in [-0.25, -0.2) is 0 Å². The first-order valence-electron chi connectivity index (χ1n) is 13.7. The molecule has 1 heterocycles. The Hall–Kier alpha value is -1.89. The van der Waals surface area contributed by atoms with Crippen molar-refractivity contribution in [1.82, 2.24) is 5.32 Å². The van der Waals surface area contributed by atoms with Crippen LogP contribution in [0.15, 0.2) is 54.6 Å². The first-order chi connectivity index (χ1) is 17.1. The van der Waals surface area contributed by atoms with Crippen LogP contribution in [0.25, 0.3) is 0 Å². The summed E-state index contributed by atoms with van der Waals surface area (Å²) in [7, 11) is -0.108. The van der Waals surface area contributed by atoms with E-state index in [2.05, 4.69) is 42.6 Å². The van der Waals surface area contributed by atoms with Gasteiger partial charge in [0.25, 0.3) is 0 Å². The molecule has 0 aromatic heterocycles. The normalized spacial score (nSPS) is 24.9. The Kier molecular flexibility index (Phi) is 12.1. The van der Waals surface area contributed by atoms with E-state index >= 15 is 0 Å². The number of hydrogen-bond acceptors (Lipinski definition) is 4. The molecule has 1 aromatic rings. The van der Waals surface area contributed by atoms with Crippen molar-refractivity contribution in [2.24, 2.45) is 11.8 Å². The minimum absolute atomic E-state index is 0.108. The van der Waals surface area contributed by atoms with Crippen LogP contribution in [0.1, 0.15) is 70.8 Å². The number of hydrogen-bond donors (Lipinski definition) is 2. The van der Waals surface area contributed by atoms with Gasteiger partial charge in [-0.2, -0.15) is 0 Å². The van der Waals surface area contributed by atoms with E-state index in [1.807, 2.05) is 31.2 Å². The lowest BCUT2D eigenvalue weighted by Gasteiger charge is -2.27. The first-order valence-corrected chi connectivity index (χ1v) is 13.7. The first kappa shape index (κ1) is 27.7. The molecule has 1 aliphatic carbocycles. The molecular weight excluding hydrogens is 437 g/mol. The van der Waals surface area contributed by atoms with Crippen molar-refractivity contribution in [2.45, 2.75) is 96.3 Å². The molecule has 2 fully saturated rings. The van der Waals surface area contributed by atoms with E-state index in [0.717, 1.165) is 51.3 Å². The highest BCUT2D eigenvalue weighted by atomic mass is 16.6. The van der Waals surface area contributed by atoms with Crippen LogP contribution in [0, 0.1) is 11.8 Å². The number of allylic oxidation sites excluding steroid dienone is 2. The molecule has 2 unspecified atom stereocenters. The van der Waals surface area contributed by atoms with Crippen molar-refractivity contribution in [3.05, 3.63) is 60.2 Å². The van der Waals surface area contributed by atoms with Gasteiger partial charge in [0.15, 0.2) is 0 Å². The third-order valence-corrected chi connectivity index (χ3v) is 7.16. The molecule has 1 amide bonds. The van der Waals surface area contributed by atoms with Crippen LogP contribution in [0.3, 0.4) is 0 Å². The molecule has 0 radical (unpaired) electrons. The van der Waals surface area contributed by atoms with E-state index < -0.39 is 6.10 Å². The predicted molar refractivity (Wildman–Crippen MR) is 143 cm³/mol. The van der Waals surface area contributed by atoms with Crippen LogP contribution in [-0.2, 0) is 20.5 Å². The maximum atomic E-state index is 11.6. The zero-order valence-corrected chi connectivity index (χ0v) is 21.6. The summed E-state index contributed by atoms with van der Waals surface area (Å²) in [4.78, 5) is 11.6. The fourth-order valence-electron chi connectivity index (χ4n) is 5.24. The summed E-state index contributed by atoms with van der Waals surface area (Å²) >= 11 is 0. The number of aliphatic hydroxyl groups excluding tert-OH is 1. The Labute approximate surface area is 212 Å². The molecule has 1 aromatic carbocycles. The monoisotopic (exact) mass is 481 g/mol. The molecule has 5 nitrogen and oxygen atoms in total. The molecule has 2 N–H and O–H groups in total. The molecule has 1 aliphatic heterocycles. The highest BCUT2D eigenvalue weighted by molar-refractivity contribution is 6.44. The average molecular weight is 481 g/mol. The van der Waals surface area contributed by atoms with E-state index in [1.54, 1.807) is 0 Å². The molecular formula is C29H44BNO4. The van der Waals surface area contributed by atoms with Crippen molar-refractivity contribution >= 4 is 13.0 Å². The molecule has 3 rings (SSSR count). The minimum atomic E-state index is -0.460. The van der Waals surface area contributed by atoms with Crippen molar-refractivity contribution in [2.75, 3.05) is 6.54 Å². The van der Waals surface area contributed by atoms with Crippen molar-refractivity contribution in [1.29, 1.82) is 0 Å². The number of nitrogens with one attached hydrogen (secondary N) is 1. The van der Waals surface area contributed by atoms with Gasteiger partial charge in [0.2, 0.25) is 5.91 Å². The van der Waals surface area contributed by atoms with Gasteiger partial charge in [0, 0.05) is 25.0 Å². The molecule has 35 heavy (non-hydrogen) atoms. The van der Waals surface area contributed by atoms with Gasteiger partial charge in [-0.15, -0.1) is 0 Å². The van der Waals surface area contributed by atoms with E-state index in [0.29, 0.717) is 25.3 Å². The largest absolute Gasteiger partial charge is 0.457 e. The number of unbranched alkanes of at least 4 members (excludes halogenated alkanes) is 2. The predicted octanol–water partition coefficient (Wildman–Crippen LogP) is 5.50. The lowest BCUT2D eigenvalue weighted by molar-refractivity contribution is -0.121. The van der Waals surface area contributed by atoms with E-state index in [9.17, 15) is 9.90 Å². The van der Waals surface area contributed by atoms with Crippen LogP contribution >= 0.6 is 0 Å². The smallest absolute Gasteiger partial charge is 0.408 e. The Morgan fingerprint density at radius 2 is 1.97 bits per heavy atom. The summed E-state index contributed by atoms with van der Waals surface area (Å²) in [5.41, 5.74) is 1.25. The zero-order chi connectivity index (χ0) is 24.9. The zero-order valence-electron chi connectivity index (χ0n) is 21.6. The van der Waals surface area contributed by atoms with Gasteiger partial charge in [0.05, 0.1) is 12.2 Å². The quantitative estimate of drug-likeness (QED) is 0.197. The molecule has 1 saturated heterocycles. The number of fused-ring (bicyclic) bond motifs is 2. The topological polar surface area (TPSA) is 67.8 Å². The molecule has 0 spiro atoms. The molecule has 192 valence electrons. The number of benzene rings is 1. The molecule has 1 saturated carbocycles. The Bertz CT molecular complexity index is 799. The third-order valence-electron chi connectivity index (χ3n) is 7.16. The summed E-state index contributed by atoms with van der Waals surface area (Å²) in [6.45, 7) is 4.83. The van der Waals surface area contributed by atoms with Gasteiger partial charge in [-0.3, -0.25) is 4.79 Å². The fraction of sp³-hybridized carbons (Fsp3) is 0.621. The van der Waals surface area contributed by atoms with Crippen molar-refractivity contribution in [3.63, 3.8) is 0 Å². The molecule has 5 atom stereocenters. The second-order valence-corrected chi connectivity index (χ2v) is 9.93. The number of amides is 1. The number of carbonyl (C=O) groups is 1. The van der Waals surface area contributed by atoms with Gasteiger partial charge >= 0.3 is 7.12 Å². The van der Waals surface area contributed by atoms with E-state index in [-0.39, 0.29) is 31.2 Å². The number of aryl methyl sites for hydroxylation is 1. The van der Waals surface area contributed by atoms with Crippen LogP contribution < -0.4 is 5.32 Å². The maximum Gasteiger partial charge on any atom is 0.457 e. The van der Waals surface area contributed by atoms with E-state index in [4.69, 9.17) is 9.31 Å². The second-order valence-electron chi connectivity index (χ2n) is 9.93. The average Bonchev–Trinajstić information content (AvgIpc) is 3.11. The maximum absolute atomic E-state index is 11.6. The lowest BCUT2D eigenvalue weighted by atomic mass is 9.80. The van der Waals surface area contributed by atoms with Gasteiger partial charge < -0.3 is 19.7 Å². The highest BCUT2D eigenvalue weighted by Crippen LogP contribution is 2.44. The summed E-state index contributed by atoms with van der Waals surface area (Å²) in [6, 6.07) is 10.3. The fourth-order valence-corrected chi connectivity index (χ4v) is 5.24. The third kappa shape index (κ3) is 9.25. The van der Waals surface area contributed by atoms with Gasteiger partial charge in [-0.05, 0) is 63.3 Å². The lowest BCUT2D eigenvalue weighted by Crippen LogP contribution is -2.37. The Morgan fingerprint density at radius 3 is 2.74 bits per heavy atom. The summed E-state index contributed by atoms with van der Waals surface area (Å²) < 4.78 is 12.7. The summed E-state index contributed by atoms with van der Waals surface area (Å²) in [6.07, 6.45) is 17.5. The van der Waals surface area contributed by atoms with Crippen LogP contribution in [0.2, 0.25) is 6.32 Å². The highest BCUT2D eigenvalue weighted by Gasteiger charge is 2.49. The standard InChI is InChI=1S/C29H44BNO4/c1-3-5-21-30-34-27-22-28(35-30)26(20-19-24(32)18-17-23-13-9-8-10-14-23)25(27)15-11-6-7-12-16-29(33)31-4-2/h6,8-11,13-14,19-20,24-28,32H,3-5,7,12,15-18,21-22H2,1-2H3,(H,31,33)/b11-6-,20-19+/t24-,25+,26+,27?,28?/m0/s1. The summed E-state index contributed by atoms with van der Waals surface area (Å²) in [5, 5.41) is 13.5. The second kappa shape index (κ2) is 15.3. The number of aliphatic hydroxyl groups is 1. The van der Waals surface area contributed by atoms with Crippen LogP contribution in [0.4, 0.5) is 0 Å². The van der Waals surface area contributed by atoms with Gasteiger partial charge in [-0.1, -0.05) is 74.4 Å². The van der Waals surface area contributed by atoms with Crippen molar-refractivity contribution in [3.8, 4) is 0 Å². The van der Waals surface area contributed by atoms with Crippen LogP contribution in [-0.4, -0.2) is 43.0 Å². The Balaban J connectivity index is 1.55. The SMILES string of the molecule is CCCCB1OC2CC(O1)[C@H](C/C=C\CCCC(=O)NCC)[C@H]2/C=C/[C@@H](O)CCc1ccccc1. The molecule has 2 aliphatic rings. The van der Waals surface area contributed by atoms with Gasteiger partial charge in [0.1, 0.15) is 0 Å². The molecule has 2 bridgehead atoms. The Morgan fingerprint density at radius 1 is 1.17 bits per heavy atom. The van der Waals surface area contributed by atoms with E-state index in [1.165, 1.54) is 5.56 Å². The summed E-state index contributed by atoms with van der Waals surface area (Å²) in [5.74, 6) is 0.729. The number of carbonyl (C=O) groups excluding carboxylic acids is 1. The van der Waals surface area contributed by atoms with Crippen molar-refractivity contribution < 1.29 is 19.2 Å².